The Morgan fingerprint density at radius 1 is 0.600 bits per heavy atom. The summed E-state index contributed by atoms with van der Waals surface area (Å²) in [6.07, 6.45) is 5.44. The first-order valence-electron chi connectivity index (χ1n) is 10.7. The second-order valence-electron chi connectivity index (χ2n) is 7.44. The summed E-state index contributed by atoms with van der Waals surface area (Å²) in [5, 5.41) is 0. The SMILES string of the molecule is CCCCc1ccc(C#Cc2ccc(C#Cc3ccc(CCC)cc3F)cc2)cc1. The highest BCUT2D eigenvalue weighted by Gasteiger charge is 2.00. The van der Waals surface area contributed by atoms with Gasteiger partial charge in [-0.3, -0.25) is 0 Å². The second kappa shape index (κ2) is 11.0. The van der Waals surface area contributed by atoms with Gasteiger partial charge in [-0.05, 0) is 78.9 Å². The molecule has 0 aliphatic heterocycles. The quantitative estimate of drug-likeness (QED) is 0.412. The van der Waals surface area contributed by atoms with Crippen molar-refractivity contribution < 1.29 is 4.39 Å². The molecule has 0 fully saturated rings. The minimum Gasteiger partial charge on any atom is -0.206 e. The fourth-order valence-electron chi connectivity index (χ4n) is 3.16. The van der Waals surface area contributed by atoms with E-state index in [0.717, 1.165) is 41.5 Å². The van der Waals surface area contributed by atoms with Crippen LogP contribution in [0.1, 0.15) is 66.5 Å². The van der Waals surface area contributed by atoms with Gasteiger partial charge in [0.05, 0.1) is 5.56 Å². The monoisotopic (exact) mass is 394 g/mol. The Balaban J connectivity index is 1.65. The molecular formula is C29H27F. The van der Waals surface area contributed by atoms with Crippen LogP contribution in [0.15, 0.2) is 66.7 Å². The van der Waals surface area contributed by atoms with Gasteiger partial charge in [0, 0.05) is 16.7 Å². The lowest BCUT2D eigenvalue weighted by atomic mass is 10.1. The highest BCUT2D eigenvalue weighted by molar-refractivity contribution is 5.48. The van der Waals surface area contributed by atoms with Crippen LogP contribution in [0.5, 0.6) is 0 Å². The van der Waals surface area contributed by atoms with Crippen LogP contribution in [-0.2, 0) is 12.8 Å². The first-order chi connectivity index (χ1) is 14.7. The highest BCUT2D eigenvalue weighted by atomic mass is 19.1. The summed E-state index contributed by atoms with van der Waals surface area (Å²) in [7, 11) is 0. The van der Waals surface area contributed by atoms with Crippen molar-refractivity contribution in [3.8, 4) is 23.7 Å². The summed E-state index contributed by atoms with van der Waals surface area (Å²) in [6, 6.07) is 21.5. The Morgan fingerprint density at radius 3 is 1.67 bits per heavy atom. The average Bonchev–Trinajstić information content (AvgIpc) is 2.77. The molecule has 1 heteroatoms. The van der Waals surface area contributed by atoms with Crippen LogP contribution >= 0.6 is 0 Å². The highest BCUT2D eigenvalue weighted by Crippen LogP contribution is 2.12. The van der Waals surface area contributed by atoms with E-state index >= 15 is 0 Å². The van der Waals surface area contributed by atoms with Crippen LogP contribution < -0.4 is 0 Å². The van der Waals surface area contributed by atoms with Crippen LogP contribution in [0, 0.1) is 29.5 Å². The Morgan fingerprint density at radius 2 is 1.13 bits per heavy atom. The number of aryl methyl sites for hydroxylation is 2. The van der Waals surface area contributed by atoms with Gasteiger partial charge in [-0.2, -0.15) is 0 Å². The van der Waals surface area contributed by atoms with Gasteiger partial charge in [-0.1, -0.05) is 68.6 Å². The fourth-order valence-corrected chi connectivity index (χ4v) is 3.16. The molecule has 0 unspecified atom stereocenters. The van der Waals surface area contributed by atoms with Gasteiger partial charge < -0.3 is 0 Å². The van der Waals surface area contributed by atoms with E-state index in [4.69, 9.17) is 0 Å². The van der Waals surface area contributed by atoms with E-state index in [0.29, 0.717) is 5.56 Å². The fraction of sp³-hybridized carbons (Fsp3) is 0.241. The van der Waals surface area contributed by atoms with E-state index in [9.17, 15) is 4.39 Å². The summed E-state index contributed by atoms with van der Waals surface area (Å²) in [5.74, 6) is 12.1. The van der Waals surface area contributed by atoms with Gasteiger partial charge in [-0.15, -0.1) is 0 Å². The standard InChI is InChI=1S/C29H27F/c1-3-5-7-23-8-10-24(11-9-23)12-13-25-14-16-26(17-15-25)18-20-28-21-19-27(6-4-2)22-29(28)30/h8-11,14-17,19,21-22H,3-7H2,1-2H3. The van der Waals surface area contributed by atoms with Crippen molar-refractivity contribution in [2.24, 2.45) is 0 Å². The largest absolute Gasteiger partial charge is 0.206 e. The summed E-state index contributed by atoms with van der Waals surface area (Å²) in [6.45, 7) is 4.30. The van der Waals surface area contributed by atoms with Gasteiger partial charge in [0.15, 0.2) is 0 Å². The number of hydrogen-bond acceptors (Lipinski definition) is 0. The molecule has 0 spiro atoms. The number of benzene rings is 3. The van der Waals surface area contributed by atoms with Gasteiger partial charge in [0.25, 0.3) is 0 Å². The number of halogens is 1. The van der Waals surface area contributed by atoms with Crippen molar-refractivity contribution >= 4 is 0 Å². The zero-order chi connectivity index (χ0) is 21.2. The molecule has 150 valence electrons. The molecule has 0 atom stereocenters. The summed E-state index contributed by atoms with van der Waals surface area (Å²) in [5.41, 5.74) is 5.60. The van der Waals surface area contributed by atoms with Crippen LogP contribution in [0.25, 0.3) is 0 Å². The summed E-state index contributed by atoms with van der Waals surface area (Å²) in [4.78, 5) is 0. The lowest BCUT2D eigenvalue weighted by molar-refractivity contribution is 0.621. The first-order valence-corrected chi connectivity index (χ1v) is 10.7. The van der Waals surface area contributed by atoms with Crippen molar-refractivity contribution in [2.75, 3.05) is 0 Å². The Labute approximate surface area is 180 Å². The summed E-state index contributed by atoms with van der Waals surface area (Å²) >= 11 is 0. The molecule has 3 aromatic carbocycles. The third kappa shape index (κ3) is 6.37. The number of rotatable bonds is 5. The molecule has 3 rings (SSSR count). The lowest BCUT2D eigenvalue weighted by Crippen LogP contribution is -1.89. The Kier molecular flexibility index (Phi) is 7.88. The third-order valence-corrected chi connectivity index (χ3v) is 4.92. The van der Waals surface area contributed by atoms with Gasteiger partial charge in [-0.25, -0.2) is 4.39 Å². The van der Waals surface area contributed by atoms with Crippen molar-refractivity contribution in [3.05, 3.63) is 106 Å². The zero-order valence-corrected chi connectivity index (χ0v) is 17.8. The van der Waals surface area contributed by atoms with E-state index in [-0.39, 0.29) is 5.82 Å². The topological polar surface area (TPSA) is 0 Å². The maximum atomic E-state index is 14.2. The second-order valence-corrected chi connectivity index (χ2v) is 7.44. The van der Waals surface area contributed by atoms with E-state index in [1.807, 2.05) is 30.3 Å². The minimum atomic E-state index is -0.253. The molecule has 0 N–H and O–H groups in total. The molecule has 0 nitrogen and oxygen atoms in total. The van der Waals surface area contributed by atoms with Crippen molar-refractivity contribution in [1.82, 2.24) is 0 Å². The van der Waals surface area contributed by atoms with Crippen LogP contribution in [0.2, 0.25) is 0 Å². The Hall–Kier alpha value is -3.29. The minimum absolute atomic E-state index is 0.253. The van der Waals surface area contributed by atoms with Crippen LogP contribution in [0.3, 0.4) is 0 Å². The van der Waals surface area contributed by atoms with E-state index < -0.39 is 0 Å². The lowest BCUT2D eigenvalue weighted by Gasteiger charge is -2.00. The molecule has 0 aliphatic rings. The predicted octanol–water partition coefficient (Wildman–Crippen LogP) is 6.92. The molecule has 0 saturated heterocycles. The maximum Gasteiger partial charge on any atom is 0.139 e. The molecular weight excluding hydrogens is 367 g/mol. The molecule has 0 radical (unpaired) electrons. The normalized spacial score (nSPS) is 9.97. The number of unbranched alkanes of at least 4 members (excludes halogenated alkanes) is 1. The van der Waals surface area contributed by atoms with Crippen LogP contribution in [-0.4, -0.2) is 0 Å². The molecule has 0 amide bonds. The molecule has 0 bridgehead atoms. The average molecular weight is 395 g/mol. The van der Waals surface area contributed by atoms with Crippen molar-refractivity contribution in [3.63, 3.8) is 0 Å². The van der Waals surface area contributed by atoms with Gasteiger partial charge in [0.1, 0.15) is 5.82 Å². The molecule has 3 aromatic rings. The molecule has 0 aliphatic carbocycles. The zero-order valence-electron chi connectivity index (χ0n) is 17.8. The first kappa shape index (κ1) is 21.4. The smallest absolute Gasteiger partial charge is 0.139 e. The third-order valence-electron chi connectivity index (χ3n) is 4.92. The van der Waals surface area contributed by atoms with Crippen LogP contribution in [0.4, 0.5) is 4.39 Å². The van der Waals surface area contributed by atoms with E-state index in [1.165, 1.54) is 18.4 Å². The number of hydrogen-bond donors (Lipinski definition) is 0. The predicted molar refractivity (Wildman–Crippen MR) is 124 cm³/mol. The van der Waals surface area contributed by atoms with Gasteiger partial charge in [0.2, 0.25) is 0 Å². The summed E-state index contributed by atoms with van der Waals surface area (Å²) < 4.78 is 14.2. The van der Waals surface area contributed by atoms with Gasteiger partial charge >= 0.3 is 0 Å². The Bertz CT molecular complexity index is 1080. The molecule has 0 heterocycles. The molecule has 0 saturated carbocycles. The van der Waals surface area contributed by atoms with E-state index in [2.05, 4.69) is 61.8 Å². The molecule has 30 heavy (non-hydrogen) atoms. The molecule has 0 aromatic heterocycles. The maximum absolute atomic E-state index is 14.2. The van der Waals surface area contributed by atoms with Crippen molar-refractivity contribution in [1.29, 1.82) is 0 Å². The van der Waals surface area contributed by atoms with E-state index in [1.54, 1.807) is 12.1 Å². The van der Waals surface area contributed by atoms with Crippen molar-refractivity contribution in [2.45, 2.75) is 46.0 Å².